The number of hydrogen-bond acceptors (Lipinski definition) is 2. The van der Waals surface area contributed by atoms with E-state index in [1.807, 2.05) is 6.07 Å². The zero-order valence-electron chi connectivity index (χ0n) is 13.5. The molecule has 0 aromatic heterocycles. The van der Waals surface area contributed by atoms with Crippen LogP contribution in [0.4, 0.5) is 10.1 Å². The van der Waals surface area contributed by atoms with Crippen LogP contribution in [0.25, 0.3) is 11.1 Å². The number of methoxy groups -OCH3 is 1. The molecule has 3 aromatic carbocycles. The molecule has 2 nitrogen and oxygen atoms in total. The van der Waals surface area contributed by atoms with E-state index in [0.717, 1.165) is 17.7 Å². The fraction of sp³-hybridized carbons (Fsp3) is 0.143. The number of rotatable bonds is 4. The van der Waals surface area contributed by atoms with Gasteiger partial charge in [-0.3, -0.25) is 0 Å². The number of nitrogens with one attached hydrogen (secondary N) is 1. The summed E-state index contributed by atoms with van der Waals surface area (Å²) in [7, 11) is 1.47. The van der Waals surface area contributed by atoms with Crippen molar-refractivity contribution in [2.24, 2.45) is 0 Å². The lowest BCUT2D eigenvalue weighted by Crippen LogP contribution is -2.01. The van der Waals surface area contributed by atoms with E-state index in [1.54, 1.807) is 6.07 Å². The van der Waals surface area contributed by atoms with E-state index >= 15 is 0 Å². The van der Waals surface area contributed by atoms with E-state index in [-0.39, 0.29) is 11.6 Å². The second-order valence-electron chi connectivity index (χ2n) is 6.03. The van der Waals surface area contributed by atoms with Gasteiger partial charge in [-0.25, -0.2) is 4.39 Å². The van der Waals surface area contributed by atoms with Crippen LogP contribution in [0.1, 0.15) is 16.7 Å². The fourth-order valence-electron chi connectivity index (χ4n) is 3.28. The number of ether oxygens (including phenoxy) is 1. The highest BCUT2D eigenvalue weighted by Crippen LogP contribution is 2.37. The monoisotopic (exact) mass is 319 g/mol. The third-order valence-corrected chi connectivity index (χ3v) is 4.51. The molecule has 0 aliphatic heterocycles. The Hall–Kier alpha value is -2.81. The second kappa shape index (κ2) is 6.00. The number of benzene rings is 3. The van der Waals surface area contributed by atoms with Gasteiger partial charge in [-0.1, -0.05) is 36.4 Å². The van der Waals surface area contributed by atoms with E-state index in [0.29, 0.717) is 6.54 Å². The third kappa shape index (κ3) is 2.62. The molecule has 0 saturated carbocycles. The Balaban J connectivity index is 1.51. The molecule has 1 aliphatic carbocycles. The van der Waals surface area contributed by atoms with E-state index in [9.17, 15) is 4.39 Å². The van der Waals surface area contributed by atoms with Crippen LogP contribution >= 0.6 is 0 Å². The molecule has 0 atom stereocenters. The molecule has 0 radical (unpaired) electrons. The molecule has 3 heteroatoms. The van der Waals surface area contributed by atoms with Gasteiger partial charge in [0.2, 0.25) is 0 Å². The number of fused-ring (bicyclic) bond motifs is 3. The van der Waals surface area contributed by atoms with Gasteiger partial charge in [-0.15, -0.1) is 0 Å². The summed E-state index contributed by atoms with van der Waals surface area (Å²) in [6, 6.07) is 20.0. The van der Waals surface area contributed by atoms with E-state index in [1.165, 1.54) is 35.4 Å². The Morgan fingerprint density at radius 1 is 0.958 bits per heavy atom. The zero-order valence-corrected chi connectivity index (χ0v) is 13.5. The molecule has 0 spiro atoms. The van der Waals surface area contributed by atoms with Gasteiger partial charge < -0.3 is 10.1 Å². The normalized spacial score (nSPS) is 11.8. The molecular formula is C21H18FNO. The zero-order chi connectivity index (χ0) is 16.5. The Kier molecular flexibility index (Phi) is 3.69. The first-order valence-corrected chi connectivity index (χ1v) is 8.02. The van der Waals surface area contributed by atoms with Gasteiger partial charge in [0.15, 0.2) is 11.6 Å². The summed E-state index contributed by atoms with van der Waals surface area (Å²) >= 11 is 0. The smallest absolute Gasteiger partial charge is 0.165 e. The summed E-state index contributed by atoms with van der Waals surface area (Å²) in [6.45, 7) is 0.576. The van der Waals surface area contributed by atoms with Crippen LogP contribution in [0.3, 0.4) is 0 Å². The Morgan fingerprint density at radius 2 is 1.79 bits per heavy atom. The minimum atomic E-state index is -0.332. The Bertz CT molecular complexity index is 904. The topological polar surface area (TPSA) is 21.3 Å². The van der Waals surface area contributed by atoms with Crippen molar-refractivity contribution in [3.63, 3.8) is 0 Å². The lowest BCUT2D eigenvalue weighted by molar-refractivity contribution is 0.386. The van der Waals surface area contributed by atoms with Gasteiger partial charge >= 0.3 is 0 Å². The first-order valence-electron chi connectivity index (χ1n) is 8.02. The maximum Gasteiger partial charge on any atom is 0.165 e. The molecule has 4 rings (SSSR count). The van der Waals surface area contributed by atoms with Crippen LogP contribution < -0.4 is 10.1 Å². The molecule has 0 unspecified atom stereocenters. The van der Waals surface area contributed by atoms with Crippen molar-refractivity contribution in [1.29, 1.82) is 0 Å². The predicted octanol–water partition coefficient (Wildman–Crippen LogP) is 5.02. The van der Waals surface area contributed by atoms with Crippen molar-refractivity contribution in [3.05, 3.63) is 83.2 Å². The first-order chi connectivity index (χ1) is 11.7. The molecule has 0 fully saturated rings. The van der Waals surface area contributed by atoms with Crippen LogP contribution in [-0.2, 0) is 13.0 Å². The number of hydrogen-bond donors (Lipinski definition) is 1. The Morgan fingerprint density at radius 3 is 2.62 bits per heavy atom. The molecular weight excluding hydrogens is 301 g/mol. The van der Waals surface area contributed by atoms with Gasteiger partial charge in [0, 0.05) is 12.2 Å². The summed E-state index contributed by atoms with van der Waals surface area (Å²) in [5.41, 5.74) is 7.29. The standard InChI is InChI=1S/C21H18FNO/c1-24-21-9-6-14(10-20(21)22)13-23-17-7-8-19-16(12-17)11-15-4-2-3-5-18(15)19/h2-10,12,23H,11,13H2,1H3. The van der Waals surface area contributed by atoms with Crippen LogP contribution in [-0.4, -0.2) is 7.11 Å². The first kappa shape index (κ1) is 14.8. The molecule has 3 aromatic rings. The second-order valence-corrected chi connectivity index (χ2v) is 6.03. The molecule has 0 bridgehead atoms. The maximum absolute atomic E-state index is 13.8. The largest absolute Gasteiger partial charge is 0.494 e. The van der Waals surface area contributed by atoms with E-state index in [2.05, 4.69) is 47.8 Å². The fourth-order valence-corrected chi connectivity index (χ4v) is 3.28. The van der Waals surface area contributed by atoms with Gasteiger partial charge in [0.05, 0.1) is 7.11 Å². The predicted molar refractivity (Wildman–Crippen MR) is 95.0 cm³/mol. The summed E-state index contributed by atoms with van der Waals surface area (Å²) in [4.78, 5) is 0. The van der Waals surface area contributed by atoms with Gasteiger partial charge in [0.25, 0.3) is 0 Å². The quantitative estimate of drug-likeness (QED) is 0.570. The minimum absolute atomic E-state index is 0.272. The van der Waals surface area contributed by atoms with Crippen molar-refractivity contribution < 1.29 is 9.13 Å². The lowest BCUT2D eigenvalue weighted by atomic mass is 10.1. The third-order valence-electron chi connectivity index (χ3n) is 4.51. The molecule has 120 valence electrons. The van der Waals surface area contributed by atoms with E-state index < -0.39 is 0 Å². The highest BCUT2D eigenvalue weighted by Gasteiger charge is 2.17. The highest BCUT2D eigenvalue weighted by atomic mass is 19.1. The molecule has 0 heterocycles. The van der Waals surface area contributed by atoms with Crippen molar-refractivity contribution in [2.75, 3.05) is 12.4 Å². The summed E-state index contributed by atoms with van der Waals surface area (Å²) in [6.07, 6.45) is 0.970. The Labute approximate surface area is 140 Å². The van der Waals surface area contributed by atoms with Crippen LogP contribution in [0.5, 0.6) is 5.75 Å². The summed E-state index contributed by atoms with van der Waals surface area (Å²) < 4.78 is 18.7. The van der Waals surface area contributed by atoms with Crippen molar-refractivity contribution >= 4 is 5.69 Å². The lowest BCUT2D eigenvalue weighted by Gasteiger charge is -2.10. The molecule has 24 heavy (non-hydrogen) atoms. The molecule has 1 aliphatic rings. The highest BCUT2D eigenvalue weighted by molar-refractivity contribution is 5.78. The van der Waals surface area contributed by atoms with Crippen molar-refractivity contribution in [1.82, 2.24) is 0 Å². The number of halogens is 1. The minimum Gasteiger partial charge on any atom is -0.494 e. The van der Waals surface area contributed by atoms with Gasteiger partial charge in [0.1, 0.15) is 0 Å². The average molecular weight is 319 g/mol. The van der Waals surface area contributed by atoms with Crippen molar-refractivity contribution in [3.8, 4) is 16.9 Å². The van der Waals surface area contributed by atoms with Crippen LogP contribution in [0.2, 0.25) is 0 Å². The summed E-state index contributed by atoms with van der Waals surface area (Å²) in [5.74, 6) is -0.0600. The maximum atomic E-state index is 13.8. The van der Waals surface area contributed by atoms with E-state index in [4.69, 9.17) is 4.74 Å². The van der Waals surface area contributed by atoms with Crippen LogP contribution in [0.15, 0.2) is 60.7 Å². The number of anilines is 1. The van der Waals surface area contributed by atoms with Gasteiger partial charge in [-0.2, -0.15) is 0 Å². The molecule has 0 amide bonds. The SMILES string of the molecule is COc1ccc(CNc2ccc3c(c2)Cc2ccccc2-3)cc1F. The summed E-state index contributed by atoms with van der Waals surface area (Å²) in [5, 5.41) is 3.37. The molecule has 1 N–H and O–H groups in total. The van der Waals surface area contributed by atoms with Crippen LogP contribution in [0, 0.1) is 5.82 Å². The molecule has 0 saturated heterocycles. The van der Waals surface area contributed by atoms with Crippen molar-refractivity contribution in [2.45, 2.75) is 13.0 Å². The van der Waals surface area contributed by atoms with Gasteiger partial charge in [-0.05, 0) is 58.5 Å². The average Bonchev–Trinajstić information content (AvgIpc) is 2.98.